The highest BCUT2D eigenvalue weighted by Gasteiger charge is 2.34. The van der Waals surface area contributed by atoms with E-state index in [1.165, 1.54) is 0 Å². The molecule has 106 valence electrons. The van der Waals surface area contributed by atoms with Crippen molar-refractivity contribution in [2.45, 2.75) is 63.1 Å². The van der Waals surface area contributed by atoms with Crippen molar-refractivity contribution in [2.75, 3.05) is 13.2 Å². The van der Waals surface area contributed by atoms with E-state index in [4.69, 9.17) is 9.47 Å². The number of rotatable bonds is 4. The summed E-state index contributed by atoms with van der Waals surface area (Å²) < 4.78 is 37.9. The Labute approximate surface area is 109 Å². The Balaban J connectivity index is 1.82. The Morgan fingerprint density at radius 1 is 1.22 bits per heavy atom. The molecule has 0 bridgehead atoms. The molecule has 1 heterocycles. The largest absolute Gasteiger partial charge is 0.348 e. The van der Waals surface area contributed by atoms with Crippen LogP contribution >= 0.6 is 0 Å². The normalized spacial score (nSPS) is 29.6. The average Bonchev–Trinajstić information content (AvgIpc) is 2.68. The zero-order chi connectivity index (χ0) is 13.2. The van der Waals surface area contributed by atoms with Gasteiger partial charge in [-0.05, 0) is 26.7 Å². The van der Waals surface area contributed by atoms with Gasteiger partial charge in [-0.3, -0.25) is 0 Å². The van der Waals surface area contributed by atoms with E-state index in [0.29, 0.717) is 13.2 Å². The highest BCUT2D eigenvalue weighted by Crippen LogP contribution is 2.24. The van der Waals surface area contributed by atoms with E-state index in [2.05, 4.69) is 4.72 Å². The third-order valence-corrected chi connectivity index (χ3v) is 5.49. The Morgan fingerprint density at radius 2 is 1.89 bits per heavy atom. The lowest BCUT2D eigenvalue weighted by molar-refractivity contribution is -0.137. The van der Waals surface area contributed by atoms with Crippen molar-refractivity contribution in [2.24, 2.45) is 0 Å². The maximum atomic E-state index is 12.1. The molecule has 2 fully saturated rings. The number of sulfonamides is 1. The van der Waals surface area contributed by atoms with Crippen molar-refractivity contribution in [3.05, 3.63) is 0 Å². The lowest BCUT2D eigenvalue weighted by Gasteiger charge is -2.23. The molecule has 2 aliphatic rings. The van der Waals surface area contributed by atoms with Gasteiger partial charge in [-0.15, -0.1) is 0 Å². The van der Waals surface area contributed by atoms with Gasteiger partial charge < -0.3 is 9.47 Å². The number of hydrogen-bond acceptors (Lipinski definition) is 4. The predicted octanol–water partition coefficient (Wildman–Crippen LogP) is 1.39. The molecule has 18 heavy (non-hydrogen) atoms. The quantitative estimate of drug-likeness (QED) is 0.843. The summed E-state index contributed by atoms with van der Waals surface area (Å²) >= 11 is 0. The van der Waals surface area contributed by atoms with Crippen molar-refractivity contribution < 1.29 is 17.9 Å². The van der Waals surface area contributed by atoms with Gasteiger partial charge in [-0.1, -0.05) is 19.3 Å². The van der Waals surface area contributed by atoms with Gasteiger partial charge in [0.1, 0.15) is 0 Å². The van der Waals surface area contributed by atoms with Crippen LogP contribution < -0.4 is 4.72 Å². The van der Waals surface area contributed by atoms with E-state index >= 15 is 0 Å². The van der Waals surface area contributed by atoms with Crippen LogP contribution in [0.25, 0.3) is 0 Å². The summed E-state index contributed by atoms with van der Waals surface area (Å²) in [4.78, 5) is 0. The molecule has 1 saturated heterocycles. The monoisotopic (exact) mass is 277 g/mol. The van der Waals surface area contributed by atoms with Crippen LogP contribution in [0.1, 0.15) is 46.0 Å². The van der Waals surface area contributed by atoms with Crippen LogP contribution in [0.4, 0.5) is 0 Å². The SMILES string of the molecule is CC1(C)OCC(CNS(=O)(=O)C2CCCCC2)O1. The lowest BCUT2D eigenvalue weighted by Crippen LogP contribution is -2.40. The van der Waals surface area contributed by atoms with Crippen molar-refractivity contribution >= 4 is 10.0 Å². The number of hydrogen-bond donors (Lipinski definition) is 1. The van der Waals surface area contributed by atoms with Gasteiger partial charge in [0, 0.05) is 6.54 Å². The summed E-state index contributed by atoms with van der Waals surface area (Å²) in [6.45, 7) is 4.42. The fourth-order valence-corrected chi connectivity index (χ4v) is 4.17. The molecule has 0 aromatic carbocycles. The highest BCUT2D eigenvalue weighted by atomic mass is 32.2. The molecular formula is C12H23NO4S. The third kappa shape index (κ3) is 3.66. The predicted molar refractivity (Wildman–Crippen MR) is 68.7 cm³/mol. The summed E-state index contributed by atoms with van der Waals surface area (Å²) in [6, 6.07) is 0. The molecule has 0 radical (unpaired) electrons. The molecule has 1 atom stereocenters. The molecule has 6 heteroatoms. The fourth-order valence-electron chi connectivity index (χ4n) is 2.57. The molecule has 1 unspecified atom stereocenters. The van der Waals surface area contributed by atoms with E-state index < -0.39 is 15.8 Å². The van der Waals surface area contributed by atoms with Crippen LogP contribution in [0, 0.1) is 0 Å². The topological polar surface area (TPSA) is 64.6 Å². The molecule has 5 nitrogen and oxygen atoms in total. The molecule has 1 aliphatic heterocycles. The minimum Gasteiger partial charge on any atom is -0.348 e. The van der Waals surface area contributed by atoms with Gasteiger partial charge in [-0.25, -0.2) is 13.1 Å². The summed E-state index contributed by atoms with van der Waals surface area (Å²) in [7, 11) is -3.19. The second kappa shape index (κ2) is 5.45. The van der Waals surface area contributed by atoms with Crippen molar-refractivity contribution in [3.8, 4) is 0 Å². The van der Waals surface area contributed by atoms with Crippen LogP contribution in [0.2, 0.25) is 0 Å². The van der Waals surface area contributed by atoms with E-state index in [0.717, 1.165) is 32.1 Å². The summed E-state index contributed by atoms with van der Waals surface area (Å²) in [5.74, 6) is -0.596. The first kappa shape index (κ1) is 14.2. The second-order valence-corrected chi connectivity index (χ2v) is 7.65. The summed E-state index contributed by atoms with van der Waals surface area (Å²) in [5, 5.41) is -0.221. The summed E-state index contributed by atoms with van der Waals surface area (Å²) in [5.41, 5.74) is 0. The molecule has 0 aromatic rings. The van der Waals surface area contributed by atoms with Crippen LogP contribution in [-0.2, 0) is 19.5 Å². The van der Waals surface area contributed by atoms with Gasteiger partial charge in [-0.2, -0.15) is 0 Å². The van der Waals surface area contributed by atoms with Gasteiger partial charge >= 0.3 is 0 Å². The molecule has 0 amide bonds. The zero-order valence-electron chi connectivity index (χ0n) is 11.1. The van der Waals surface area contributed by atoms with Gasteiger partial charge in [0.2, 0.25) is 10.0 Å². The number of nitrogens with one attached hydrogen (secondary N) is 1. The minimum atomic E-state index is -3.19. The zero-order valence-corrected chi connectivity index (χ0v) is 12.0. The molecule has 0 aromatic heterocycles. The fraction of sp³-hybridized carbons (Fsp3) is 1.00. The first-order valence-electron chi connectivity index (χ1n) is 6.69. The molecule has 1 saturated carbocycles. The van der Waals surface area contributed by atoms with E-state index in [1.807, 2.05) is 13.8 Å². The Kier molecular flexibility index (Phi) is 4.31. The minimum absolute atomic E-state index is 0.182. The average molecular weight is 277 g/mol. The van der Waals surface area contributed by atoms with E-state index in [-0.39, 0.29) is 11.4 Å². The standard InChI is InChI=1S/C12H23NO4S/c1-12(2)16-9-10(17-12)8-13-18(14,15)11-6-4-3-5-7-11/h10-11,13H,3-9H2,1-2H3. The molecule has 1 N–H and O–H groups in total. The van der Waals surface area contributed by atoms with Crippen LogP contribution in [0.5, 0.6) is 0 Å². The molecule has 0 spiro atoms. The van der Waals surface area contributed by atoms with Gasteiger partial charge in [0.25, 0.3) is 0 Å². The van der Waals surface area contributed by atoms with Crippen molar-refractivity contribution in [1.29, 1.82) is 0 Å². The Hall–Kier alpha value is -0.170. The number of ether oxygens (including phenoxy) is 2. The third-order valence-electron chi connectivity index (χ3n) is 3.57. The summed E-state index contributed by atoms with van der Waals surface area (Å²) in [6.07, 6.45) is 4.56. The van der Waals surface area contributed by atoms with Crippen LogP contribution in [-0.4, -0.2) is 38.7 Å². The Bertz CT molecular complexity index is 374. The smallest absolute Gasteiger partial charge is 0.214 e. The highest BCUT2D eigenvalue weighted by molar-refractivity contribution is 7.90. The molecule has 1 aliphatic carbocycles. The first-order chi connectivity index (χ1) is 8.39. The van der Waals surface area contributed by atoms with E-state index in [9.17, 15) is 8.42 Å². The van der Waals surface area contributed by atoms with Crippen molar-refractivity contribution in [1.82, 2.24) is 4.72 Å². The lowest BCUT2D eigenvalue weighted by atomic mass is 10.0. The second-order valence-electron chi connectivity index (χ2n) is 5.60. The first-order valence-corrected chi connectivity index (χ1v) is 8.24. The Morgan fingerprint density at radius 3 is 2.44 bits per heavy atom. The van der Waals surface area contributed by atoms with Crippen molar-refractivity contribution in [3.63, 3.8) is 0 Å². The molecular weight excluding hydrogens is 254 g/mol. The maximum Gasteiger partial charge on any atom is 0.214 e. The van der Waals surface area contributed by atoms with Gasteiger partial charge in [0.15, 0.2) is 5.79 Å². The molecule has 2 rings (SSSR count). The maximum absolute atomic E-state index is 12.1. The van der Waals surface area contributed by atoms with Crippen LogP contribution in [0.3, 0.4) is 0 Å². The van der Waals surface area contributed by atoms with Crippen LogP contribution in [0.15, 0.2) is 0 Å². The van der Waals surface area contributed by atoms with Gasteiger partial charge in [0.05, 0.1) is 18.0 Å². The van der Waals surface area contributed by atoms with E-state index in [1.54, 1.807) is 0 Å².